The number of hydrogen-bond donors (Lipinski definition) is 1. The van der Waals surface area contributed by atoms with Gasteiger partial charge in [0.2, 0.25) is 0 Å². The summed E-state index contributed by atoms with van der Waals surface area (Å²) in [4.78, 5) is 0. The van der Waals surface area contributed by atoms with Crippen LogP contribution in [0.3, 0.4) is 0 Å². The molecule has 1 aliphatic heterocycles. The summed E-state index contributed by atoms with van der Waals surface area (Å²) in [6.45, 7) is 4.00. The highest BCUT2D eigenvalue weighted by molar-refractivity contribution is 5.97. The summed E-state index contributed by atoms with van der Waals surface area (Å²) >= 11 is 0. The Bertz CT molecular complexity index is 4800. The lowest BCUT2D eigenvalue weighted by Crippen LogP contribution is -2.34. The number of allylic oxidation sites excluding steroid dienone is 8. The molecule has 1 saturated carbocycles. The van der Waals surface area contributed by atoms with Crippen LogP contribution in [-0.4, -0.2) is 0 Å². The Morgan fingerprint density at radius 2 is 0.888 bits per heavy atom. The van der Waals surface area contributed by atoms with Crippen molar-refractivity contribution in [3.05, 3.63) is 406 Å². The predicted octanol–water partition coefficient (Wildman–Crippen LogP) is 22.0. The van der Waals surface area contributed by atoms with E-state index in [1.807, 2.05) is 13.8 Å². The average molecular weight is 1140 g/mol. The fourth-order valence-corrected chi connectivity index (χ4v) is 16.6. The molecule has 0 radical (unpaired) electrons. The van der Waals surface area contributed by atoms with Gasteiger partial charge in [-0.1, -0.05) is 335 Å². The van der Waals surface area contributed by atoms with Crippen molar-refractivity contribution < 1.29 is 0 Å². The van der Waals surface area contributed by atoms with Crippen molar-refractivity contribution >= 4 is 33.7 Å². The highest BCUT2D eigenvalue weighted by Gasteiger charge is 2.54. The van der Waals surface area contributed by atoms with Crippen LogP contribution in [0.25, 0.3) is 61.4 Å². The minimum absolute atomic E-state index is 0.130. The Kier molecular flexibility index (Phi) is 13.3. The van der Waals surface area contributed by atoms with Gasteiger partial charge in [0, 0.05) is 28.8 Å². The monoisotopic (exact) mass is 1140 g/mol. The molecule has 89 heavy (non-hydrogen) atoms. The van der Waals surface area contributed by atoms with E-state index in [1.165, 1.54) is 122 Å². The zero-order valence-electron chi connectivity index (χ0n) is 50.2. The molecule has 4 aliphatic carbocycles. The lowest BCUT2D eigenvalue weighted by Gasteiger charge is -2.40. The van der Waals surface area contributed by atoms with E-state index >= 15 is 0 Å². The molecule has 12 aromatic carbocycles. The lowest BCUT2D eigenvalue weighted by molar-refractivity contribution is 0.459. The first-order valence-electron chi connectivity index (χ1n) is 31.8. The van der Waals surface area contributed by atoms with E-state index in [9.17, 15) is 0 Å². The topological polar surface area (TPSA) is 12.0 Å². The van der Waals surface area contributed by atoms with Crippen LogP contribution in [0.1, 0.15) is 93.5 Å². The molecule has 0 saturated heterocycles. The van der Waals surface area contributed by atoms with Crippen molar-refractivity contribution in [1.82, 2.24) is 0 Å². The maximum absolute atomic E-state index is 3.95. The van der Waals surface area contributed by atoms with Crippen molar-refractivity contribution in [2.75, 3.05) is 5.32 Å². The molecule has 2 atom stereocenters. The average Bonchev–Trinajstić information content (AvgIpc) is 1.62. The second-order valence-corrected chi connectivity index (χ2v) is 24.2. The molecule has 1 fully saturated rings. The van der Waals surface area contributed by atoms with Gasteiger partial charge in [-0.3, -0.25) is 0 Å². The first kappa shape index (κ1) is 53.8. The summed E-state index contributed by atoms with van der Waals surface area (Å²) in [5.74, 6) is 0.130. The second-order valence-electron chi connectivity index (χ2n) is 24.2. The number of fused-ring (bicyclic) bond motifs is 11. The van der Waals surface area contributed by atoms with Crippen molar-refractivity contribution in [1.29, 1.82) is 0 Å². The van der Waals surface area contributed by atoms with E-state index in [2.05, 4.69) is 339 Å². The Morgan fingerprint density at radius 1 is 0.360 bits per heavy atom. The Hall–Kier alpha value is -10.6. The third-order valence-electron chi connectivity index (χ3n) is 20.2. The van der Waals surface area contributed by atoms with Gasteiger partial charge in [-0.05, 0) is 147 Å². The lowest BCUT2D eigenvalue weighted by atomic mass is 9.61. The summed E-state index contributed by atoms with van der Waals surface area (Å²) < 4.78 is 0. The minimum Gasteiger partial charge on any atom is -0.361 e. The van der Waals surface area contributed by atoms with E-state index in [0.717, 1.165) is 29.7 Å². The van der Waals surface area contributed by atoms with Gasteiger partial charge in [-0.15, -0.1) is 0 Å². The van der Waals surface area contributed by atoms with E-state index in [1.54, 1.807) is 0 Å². The first-order valence-corrected chi connectivity index (χ1v) is 31.8. The van der Waals surface area contributed by atoms with Crippen molar-refractivity contribution in [2.24, 2.45) is 5.92 Å². The highest BCUT2D eigenvalue weighted by atomic mass is 14.8. The SMILES string of the molecule is C1=C2CC(C(c3ccccc3-c3ccc4c(c3)N/C=C/C3=C(\C=C/c5ccccc5-4)C(c4ccccc4)(c4ccccc4)c4ccccc43)=C1)C(c1ccc3c(c1)C(c1ccccc1)(c1ccccc1)c1ccccc1-3)(c1cccc3ccccc13)C2.CC. The van der Waals surface area contributed by atoms with E-state index in [-0.39, 0.29) is 5.92 Å². The molecule has 12 aromatic rings. The van der Waals surface area contributed by atoms with E-state index < -0.39 is 16.2 Å². The molecule has 1 heteroatoms. The molecule has 1 heterocycles. The van der Waals surface area contributed by atoms with Crippen LogP contribution in [0.2, 0.25) is 0 Å². The Morgan fingerprint density at radius 3 is 1.58 bits per heavy atom. The number of hydrogen-bond acceptors (Lipinski definition) is 1. The Balaban J connectivity index is 0.00000315. The van der Waals surface area contributed by atoms with Gasteiger partial charge in [-0.25, -0.2) is 0 Å². The quantitative estimate of drug-likeness (QED) is 0.160. The maximum Gasteiger partial charge on any atom is 0.0713 e. The predicted molar refractivity (Wildman–Crippen MR) is 374 cm³/mol. The van der Waals surface area contributed by atoms with Gasteiger partial charge >= 0.3 is 0 Å². The molecule has 5 aliphatic rings. The van der Waals surface area contributed by atoms with Gasteiger partial charge in [0.05, 0.1) is 10.8 Å². The van der Waals surface area contributed by atoms with Crippen molar-refractivity contribution in [3.8, 4) is 33.4 Å². The van der Waals surface area contributed by atoms with Gasteiger partial charge in [0.1, 0.15) is 0 Å². The fourth-order valence-electron chi connectivity index (χ4n) is 16.6. The molecular weight excluding hydrogens is 1070 g/mol. The van der Waals surface area contributed by atoms with Crippen LogP contribution in [0, 0.1) is 5.92 Å². The second kappa shape index (κ2) is 22.0. The summed E-state index contributed by atoms with van der Waals surface area (Å²) in [6.07, 6.45) is 16.1. The summed E-state index contributed by atoms with van der Waals surface area (Å²) in [5, 5.41) is 6.54. The summed E-state index contributed by atoms with van der Waals surface area (Å²) in [5.41, 5.74) is 27.6. The number of nitrogens with one attached hydrogen (secondary N) is 1. The Labute approximate surface area is 523 Å². The van der Waals surface area contributed by atoms with Crippen molar-refractivity contribution in [2.45, 2.75) is 42.9 Å². The normalized spacial score (nSPS) is 18.4. The van der Waals surface area contributed by atoms with Crippen LogP contribution in [-0.2, 0) is 16.2 Å². The third-order valence-corrected chi connectivity index (χ3v) is 20.2. The molecule has 17 rings (SSSR count). The smallest absolute Gasteiger partial charge is 0.0713 e. The maximum atomic E-state index is 3.95. The molecule has 1 nitrogen and oxygen atoms in total. The third kappa shape index (κ3) is 8.22. The van der Waals surface area contributed by atoms with Gasteiger partial charge < -0.3 is 5.32 Å². The van der Waals surface area contributed by atoms with E-state index in [0.29, 0.717) is 0 Å². The zero-order valence-corrected chi connectivity index (χ0v) is 50.2. The molecule has 1 N–H and O–H groups in total. The molecule has 0 spiro atoms. The molecular formula is C88H67N. The van der Waals surface area contributed by atoms with Crippen LogP contribution < -0.4 is 5.32 Å². The number of benzene rings is 12. The zero-order chi connectivity index (χ0) is 59.5. The molecule has 0 aromatic heterocycles. The number of rotatable bonds is 8. The van der Waals surface area contributed by atoms with Gasteiger partial charge in [0.15, 0.2) is 0 Å². The summed E-state index contributed by atoms with van der Waals surface area (Å²) in [6, 6.07) is 112. The van der Waals surface area contributed by atoms with E-state index in [4.69, 9.17) is 0 Å². The summed E-state index contributed by atoms with van der Waals surface area (Å²) in [7, 11) is 0. The fraction of sp³-hybridized carbons (Fsp3) is 0.0909. The molecule has 0 amide bonds. The highest BCUT2D eigenvalue weighted by Crippen LogP contribution is 2.64. The van der Waals surface area contributed by atoms with Crippen LogP contribution in [0.4, 0.5) is 5.69 Å². The standard InChI is InChI=1S/C86H61N.C2H6/c1-5-27-62(28-6-1)85(63-29-7-2-8-30-63)78-41-21-20-40-72(78)75-52-53-87-83-55-61(45-49-76(83)67-35-15-13-25-60(67)46-51-80(75)85)68-36-17-18-38-70(68)73-48-44-58-54-81(73)84(57-58,77-43-23-26-59-24-14-16-37-69(59)77)66-47-50-74-71-39-19-22-42-79(71)86(82(74)56-66,64-31-9-3-10-32-64)65-33-11-4-12-34-65;1-2/h1-53,55-56,81,87H,54,57H2;1-2H3/b51-46-,53-52+;. The number of anilines is 1. The molecule has 2 unspecified atom stereocenters. The van der Waals surface area contributed by atoms with Crippen LogP contribution in [0.5, 0.6) is 0 Å². The van der Waals surface area contributed by atoms with Gasteiger partial charge in [0.25, 0.3) is 0 Å². The van der Waals surface area contributed by atoms with Crippen LogP contribution in [0.15, 0.2) is 339 Å². The van der Waals surface area contributed by atoms with Gasteiger partial charge in [-0.2, -0.15) is 0 Å². The van der Waals surface area contributed by atoms with Crippen molar-refractivity contribution in [3.63, 3.8) is 0 Å². The molecule has 2 bridgehead atoms. The first-order chi connectivity index (χ1) is 44.1. The minimum atomic E-state index is -0.544. The molecule has 424 valence electrons. The van der Waals surface area contributed by atoms with Crippen LogP contribution >= 0.6 is 0 Å². The largest absolute Gasteiger partial charge is 0.361 e.